The summed E-state index contributed by atoms with van der Waals surface area (Å²) in [6.07, 6.45) is 0. The number of hydrogen-bond donors (Lipinski definition) is 1. The van der Waals surface area contributed by atoms with E-state index >= 15 is 0 Å². The summed E-state index contributed by atoms with van der Waals surface area (Å²) >= 11 is 6.04. The minimum absolute atomic E-state index is 0.203. The molecule has 22 heavy (non-hydrogen) atoms. The van der Waals surface area contributed by atoms with Gasteiger partial charge in [0.25, 0.3) is 0 Å². The minimum atomic E-state index is 0.203. The Labute approximate surface area is 138 Å². The van der Waals surface area contributed by atoms with Crippen LogP contribution in [0.25, 0.3) is 0 Å². The van der Waals surface area contributed by atoms with Crippen molar-refractivity contribution in [2.45, 2.75) is 32.7 Å². The van der Waals surface area contributed by atoms with Crippen molar-refractivity contribution in [1.82, 2.24) is 5.32 Å². The molecule has 0 atom stereocenters. The largest absolute Gasteiger partial charge is 0.491 e. The van der Waals surface area contributed by atoms with Crippen LogP contribution >= 0.6 is 11.6 Å². The first-order valence-corrected chi connectivity index (χ1v) is 8.02. The van der Waals surface area contributed by atoms with E-state index in [4.69, 9.17) is 16.3 Å². The molecule has 0 aliphatic heterocycles. The zero-order chi connectivity index (χ0) is 16.0. The van der Waals surface area contributed by atoms with Gasteiger partial charge in [0.1, 0.15) is 12.4 Å². The van der Waals surface area contributed by atoms with Gasteiger partial charge in [-0.2, -0.15) is 0 Å². The molecular weight excluding hydrogens is 294 g/mol. The van der Waals surface area contributed by atoms with E-state index in [9.17, 15) is 0 Å². The summed E-state index contributed by atoms with van der Waals surface area (Å²) in [7, 11) is 0. The highest BCUT2D eigenvalue weighted by molar-refractivity contribution is 6.32. The van der Waals surface area contributed by atoms with Crippen LogP contribution in [0.3, 0.4) is 0 Å². The maximum absolute atomic E-state index is 6.04. The fraction of sp³-hybridized carbons (Fsp3) is 0.368. The van der Waals surface area contributed by atoms with E-state index in [2.05, 4.69) is 50.4 Å². The molecule has 0 aromatic heterocycles. The summed E-state index contributed by atoms with van der Waals surface area (Å²) in [6, 6.07) is 16.3. The molecule has 2 rings (SSSR count). The average molecular weight is 318 g/mol. The molecular formula is C19H24ClNO. The number of nitrogens with one attached hydrogen (secondary N) is 1. The Bertz CT molecular complexity index is 587. The van der Waals surface area contributed by atoms with E-state index in [0.29, 0.717) is 11.6 Å². The van der Waals surface area contributed by atoms with Gasteiger partial charge in [0.15, 0.2) is 0 Å². The molecule has 0 aliphatic rings. The molecule has 0 saturated heterocycles. The van der Waals surface area contributed by atoms with Crippen LogP contribution in [0.1, 0.15) is 31.9 Å². The lowest BCUT2D eigenvalue weighted by atomic mass is 9.87. The molecule has 0 saturated carbocycles. The van der Waals surface area contributed by atoms with Crippen molar-refractivity contribution >= 4 is 11.6 Å². The molecule has 0 spiro atoms. The van der Waals surface area contributed by atoms with Crippen molar-refractivity contribution in [2.24, 2.45) is 0 Å². The monoisotopic (exact) mass is 317 g/mol. The van der Waals surface area contributed by atoms with Gasteiger partial charge in [-0.05, 0) is 28.7 Å². The third-order valence-corrected chi connectivity index (χ3v) is 3.83. The quantitative estimate of drug-likeness (QED) is 0.772. The van der Waals surface area contributed by atoms with Crippen LogP contribution in [0.5, 0.6) is 5.75 Å². The van der Waals surface area contributed by atoms with Crippen LogP contribution in [0, 0.1) is 0 Å². The normalized spacial score (nSPS) is 11.5. The fourth-order valence-corrected chi connectivity index (χ4v) is 2.34. The predicted molar refractivity (Wildman–Crippen MR) is 93.8 cm³/mol. The Balaban J connectivity index is 1.72. The number of rotatable bonds is 6. The molecule has 2 nitrogen and oxygen atoms in total. The van der Waals surface area contributed by atoms with E-state index in [1.807, 2.05) is 24.3 Å². The Kier molecular flexibility index (Phi) is 5.87. The summed E-state index contributed by atoms with van der Waals surface area (Å²) in [5.74, 6) is 0.737. The Hall–Kier alpha value is -1.51. The highest BCUT2D eigenvalue weighted by Gasteiger charge is 2.12. The topological polar surface area (TPSA) is 21.3 Å². The van der Waals surface area contributed by atoms with Crippen molar-refractivity contribution in [3.63, 3.8) is 0 Å². The van der Waals surface area contributed by atoms with Crippen LogP contribution in [0.2, 0.25) is 5.02 Å². The molecule has 0 heterocycles. The maximum Gasteiger partial charge on any atom is 0.137 e. The van der Waals surface area contributed by atoms with E-state index in [1.54, 1.807) is 0 Å². The third kappa shape index (κ3) is 5.04. The van der Waals surface area contributed by atoms with Crippen molar-refractivity contribution < 1.29 is 4.74 Å². The number of ether oxygens (including phenoxy) is 1. The lowest BCUT2D eigenvalue weighted by molar-refractivity contribution is 0.314. The fourth-order valence-electron chi connectivity index (χ4n) is 2.15. The van der Waals surface area contributed by atoms with E-state index in [1.165, 1.54) is 11.1 Å². The Morgan fingerprint density at radius 1 is 1.00 bits per heavy atom. The SMILES string of the molecule is CC(C)(C)c1ccc(CNCCOc2ccccc2Cl)cc1. The van der Waals surface area contributed by atoms with Gasteiger partial charge >= 0.3 is 0 Å². The first-order valence-electron chi connectivity index (χ1n) is 7.64. The molecule has 3 heteroatoms. The number of para-hydroxylation sites is 1. The number of hydrogen-bond acceptors (Lipinski definition) is 2. The summed E-state index contributed by atoms with van der Waals surface area (Å²) < 4.78 is 5.64. The standard InChI is InChI=1S/C19H24ClNO/c1-19(2,3)16-10-8-15(9-11-16)14-21-12-13-22-18-7-5-4-6-17(18)20/h4-11,21H,12-14H2,1-3H3. The highest BCUT2D eigenvalue weighted by atomic mass is 35.5. The predicted octanol–water partition coefficient (Wildman–Crippen LogP) is 4.81. The minimum Gasteiger partial charge on any atom is -0.491 e. The van der Waals surface area contributed by atoms with Gasteiger partial charge in [0.2, 0.25) is 0 Å². The van der Waals surface area contributed by atoms with E-state index < -0.39 is 0 Å². The molecule has 0 radical (unpaired) electrons. The summed E-state index contributed by atoms with van der Waals surface area (Å²) in [6.45, 7) is 8.91. The second kappa shape index (κ2) is 7.66. The first-order chi connectivity index (χ1) is 10.5. The van der Waals surface area contributed by atoms with Crippen molar-refractivity contribution in [2.75, 3.05) is 13.2 Å². The first kappa shape index (κ1) is 16.9. The lowest BCUT2D eigenvalue weighted by Gasteiger charge is -2.19. The van der Waals surface area contributed by atoms with Gasteiger partial charge in [-0.3, -0.25) is 0 Å². The van der Waals surface area contributed by atoms with Crippen LogP contribution in [-0.4, -0.2) is 13.2 Å². The van der Waals surface area contributed by atoms with Crippen LogP contribution in [0.4, 0.5) is 0 Å². The molecule has 0 fully saturated rings. The van der Waals surface area contributed by atoms with Gasteiger partial charge in [-0.15, -0.1) is 0 Å². The number of benzene rings is 2. The number of halogens is 1. The molecule has 1 N–H and O–H groups in total. The van der Waals surface area contributed by atoms with Crippen molar-refractivity contribution in [3.8, 4) is 5.75 Å². The molecule has 2 aromatic rings. The summed E-state index contributed by atoms with van der Waals surface area (Å²) in [5.41, 5.74) is 2.85. The third-order valence-electron chi connectivity index (χ3n) is 3.52. The molecule has 2 aromatic carbocycles. The zero-order valence-electron chi connectivity index (χ0n) is 13.5. The van der Waals surface area contributed by atoms with Gasteiger partial charge in [0.05, 0.1) is 5.02 Å². The van der Waals surface area contributed by atoms with E-state index in [0.717, 1.165) is 18.8 Å². The maximum atomic E-state index is 6.04. The molecule has 118 valence electrons. The van der Waals surface area contributed by atoms with Gasteiger partial charge in [0, 0.05) is 13.1 Å². The highest BCUT2D eigenvalue weighted by Crippen LogP contribution is 2.23. The lowest BCUT2D eigenvalue weighted by Crippen LogP contribution is -2.20. The molecule has 0 aliphatic carbocycles. The van der Waals surface area contributed by atoms with Gasteiger partial charge in [-0.1, -0.05) is 68.8 Å². The van der Waals surface area contributed by atoms with Crippen molar-refractivity contribution in [3.05, 3.63) is 64.7 Å². The summed E-state index contributed by atoms with van der Waals surface area (Å²) in [5, 5.41) is 4.03. The Morgan fingerprint density at radius 2 is 1.68 bits per heavy atom. The van der Waals surface area contributed by atoms with E-state index in [-0.39, 0.29) is 5.41 Å². The van der Waals surface area contributed by atoms with Crippen molar-refractivity contribution in [1.29, 1.82) is 0 Å². The molecule has 0 bridgehead atoms. The van der Waals surface area contributed by atoms with Crippen LogP contribution in [-0.2, 0) is 12.0 Å². The second-order valence-corrected chi connectivity index (χ2v) is 6.81. The van der Waals surface area contributed by atoms with Gasteiger partial charge in [-0.25, -0.2) is 0 Å². The van der Waals surface area contributed by atoms with Crippen LogP contribution in [0.15, 0.2) is 48.5 Å². The molecule has 0 unspecified atom stereocenters. The smallest absolute Gasteiger partial charge is 0.137 e. The summed E-state index contributed by atoms with van der Waals surface area (Å²) in [4.78, 5) is 0. The van der Waals surface area contributed by atoms with Crippen LogP contribution < -0.4 is 10.1 Å². The molecule has 0 amide bonds. The second-order valence-electron chi connectivity index (χ2n) is 6.40. The Morgan fingerprint density at radius 3 is 2.32 bits per heavy atom. The van der Waals surface area contributed by atoms with Gasteiger partial charge < -0.3 is 10.1 Å². The average Bonchev–Trinajstić information content (AvgIpc) is 2.48. The zero-order valence-corrected chi connectivity index (χ0v) is 14.3.